The molecule has 8 bridgehead atoms. The van der Waals surface area contributed by atoms with E-state index >= 15 is 0 Å². The van der Waals surface area contributed by atoms with E-state index in [1.807, 2.05) is 140 Å². The molecular weight excluding hydrogens is 1220 g/mol. The first-order valence-corrected chi connectivity index (χ1v) is 30.6. The highest BCUT2D eigenvalue weighted by Crippen LogP contribution is 2.40. The summed E-state index contributed by atoms with van der Waals surface area (Å²) in [6.45, 7) is -6.25. The normalized spacial score (nSPS) is 12.1. The lowest BCUT2D eigenvalue weighted by Gasteiger charge is -2.27. The molecule has 95 heavy (non-hydrogen) atoms. The number of amides is 3. The Morgan fingerprint density at radius 1 is 0.337 bits per heavy atom. The van der Waals surface area contributed by atoms with Crippen LogP contribution < -0.4 is 34.9 Å². The number of nitrogens with one attached hydrogen (secondary N) is 5. The molecule has 0 saturated heterocycles. The average molecular weight is 1290 g/mol. The zero-order chi connectivity index (χ0) is 67.0. The summed E-state index contributed by atoms with van der Waals surface area (Å²) in [4.78, 5) is 57.0. The number of carbonyl (C=O) groups excluding carboxylic acids is 3. The van der Waals surface area contributed by atoms with Crippen LogP contribution in [-0.4, -0.2) is 183 Å². The van der Waals surface area contributed by atoms with Crippen molar-refractivity contribution in [3.63, 3.8) is 0 Å². The van der Waals surface area contributed by atoms with Gasteiger partial charge in [0.1, 0.15) is 29.6 Å². The molecule has 0 unspecified atom stereocenters. The van der Waals surface area contributed by atoms with Crippen LogP contribution in [0.1, 0.15) is 28.3 Å². The number of nitrogens with zero attached hydrogens (tertiary/aromatic N) is 2. The van der Waals surface area contributed by atoms with E-state index in [-0.39, 0.29) is 32.8 Å². The van der Waals surface area contributed by atoms with Crippen LogP contribution in [0, 0.1) is 16.2 Å². The Morgan fingerprint density at radius 3 is 0.842 bits per heavy atom. The molecule has 0 saturated carbocycles. The van der Waals surface area contributed by atoms with Crippen LogP contribution >= 0.6 is 0 Å². The van der Waals surface area contributed by atoms with Gasteiger partial charge in [-0.3, -0.25) is 14.4 Å². The summed E-state index contributed by atoms with van der Waals surface area (Å²) in [7, 11) is 0. The third-order valence-electron chi connectivity index (χ3n) is 16.7. The molecule has 3 amide bonds. The van der Waals surface area contributed by atoms with E-state index in [0.29, 0.717) is 96.7 Å². The van der Waals surface area contributed by atoms with Gasteiger partial charge >= 0.3 is 0 Å². The number of rotatable bonds is 31. The molecule has 10 rings (SSSR count). The van der Waals surface area contributed by atoms with E-state index in [2.05, 4.69) is 25.9 Å². The Balaban J connectivity index is 1.10. The monoisotopic (exact) mass is 1290 g/mol. The number of H-pyrrole nitrogens is 2. The van der Waals surface area contributed by atoms with E-state index in [0.717, 1.165) is 27.8 Å². The van der Waals surface area contributed by atoms with Gasteiger partial charge in [-0.05, 0) is 125 Å². The van der Waals surface area contributed by atoms with Crippen LogP contribution in [0.15, 0.2) is 152 Å². The molecule has 0 spiro atoms. The van der Waals surface area contributed by atoms with Crippen molar-refractivity contribution in [3.8, 4) is 67.5 Å². The predicted molar refractivity (Wildman–Crippen MR) is 358 cm³/mol. The minimum Gasteiger partial charge on any atom is -0.489 e. The van der Waals surface area contributed by atoms with E-state index in [1.54, 1.807) is 36.4 Å². The van der Waals surface area contributed by atoms with Gasteiger partial charge in [-0.25, -0.2) is 9.97 Å². The molecule has 0 fully saturated rings. The van der Waals surface area contributed by atoms with Gasteiger partial charge in [-0.2, -0.15) is 0 Å². The smallest absolute Gasteiger partial charge is 0.257 e. The van der Waals surface area contributed by atoms with Gasteiger partial charge in [0.2, 0.25) is 0 Å². The third kappa shape index (κ3) is 16.1. The Morgan fingerprint density at radius 2 is 0.589 bits per heavy atom. The molecule has 2 aliphatic rings. The maximum atomic E-state index is 12.9. The quantitative estimate of drug-likeness (QED) is 0.0263. The minimum atomic E-state index is -1.31. The van der Waals surface area contributed by atoms with Gasteiger partial charge in [0, 0.05) is 64.0 Å². The van der Waals surface area contributed by atoms with Crippen molar-refractivity contribution < 1.29 is 79.3 Å². The van der Waals surface area contributed by atoms with Crippen molar-refractivity contribution in [2.24, 2.45) is 16.2 Å². The second kappa shape index (κ2) is 31.3. The number of fused-ring (bicyclic) bond motifs is 8. The molecule has 494 valence electrons. The van der Waals surface area contributed by atoms with E-state index in [4.69, 9.17) is 28.9 Å². The molecular formula is C72H75N7O16. The zero-order valence-corrected chi connectivity index (χ0v) is 51.8. The summed E-state index contributed by atoms with van der Waals surface area (Å²) in [5.74, 6) is 0.164. The number of hydrogen-bond acceptors (Lipinski definition) is 18. The maximum absolute atomic E-state index is 12.9. The van der Waals surface area contributed by atoms with E-state index < -0.39 is 100 Å². The molecule has 2 aliphatic heterocycles. The molecule has 3 aromatic heterocycles. The largest absolute Gasteiger partial charge is 0.489 e. The van der Waals surface area contributed by atoms with Crippen molar-refractivity contribution in [2.45, 2.75) is 6.61 Å². The van der Waals surface area contributed by atoms with Crippen LogP contribution in [0.25, 0.3) is 90.9 Å². The number of hydrogen-bond donors (Lipinski definition) is 14. The molecule has 0 atom stereocenters. The van der Waals surface area contributed by atoms with Gasteiger partial charge in [-0.1, -0.05) is 78.9 Å². The fraction of sp³-hybridized carbons (Fsp3) is 0.264. The lowest BCUT2D eigenvalue weighted by molar-refractivity contribution is -0.125. The van der Waals surface area contributed by atoms with Crippen molar-refractivity contribution in [1.82, 2.24) is 35.9 Å². The van der Waals surface area contributed by atoms with Gasteiger partial charge in [0.05, 0.1) is 98.5 Å². The molecule has 5 heterocycles. The number of aromatic nitrogens is 4. The summed E-state index contributed by atoms with van der Waals surface area (Å²) in [5, 5.41) is 95.8. The number of carbonyl (C=O) groups is 3. The standard InChI is InChI=1S/C72H75N7O16/c80-37-70(38-81,39-82)34-73-63(89)31-93-52-16-8-48(9-17-52)67-57-24-22-55(76-57)66(47-6-14-51(15-7-47)92-30-46-4-2-1-3-5-46)56-23-25-58(77-56)68(49-10-18-53(19-11-49)94-32-64(90)74-35-71(40-83,41-84)42-85)60-27-29-62(79-60)69(61-28-26-59(67)78-61)50-12-20-54(21-13-50)95-33-65(91)75-36-72(43-86,44-87)45-88/h1-29,76,79-88H,30-45H2,(H,73,89)(H,74,90)(H,75,91). The Labute approximate surface area is 546 Å². The number of aromatic amines is 2. The summed E-state index contributed by atoms with van der Waals surface area (Å²) >= 11 is 0. The Kier molecular flexibility index (Phi) is 22.3. The fourth-order valence-corrected chi connectivity index (χ4v) is 10.4. The topological polar surface area (TPSA) is 364 Å². The van der Waals surface area contributed by atoms with Crippen molar-refractivity contribution in [3.05, 3.63) is 180 Å². The third-order valence-corrected chi connectivity index (χ3v) is 16.7. The molecule has 14 N–H and O–H groups in total. The highest BCUT2D eigenvalue weighted by Gasteiger charge is 2.31. The van der Waals surface area contributed by atoms with Crippen LogP contribution in [0.4, 0.5) is 0 Å². The highest BCUT2D eigenvalue weighted by molar-refractivity contribution is 6.00. The SMILES string of the molecule is O=C(COc1ccc(-c2c3nc(c(-c4ccc(OCC(=O)NCC(CO)(CO)CO)cc4)c4ccc([nH]4)c(-c4ccc(OCc5ccccc5)cc4)c4nc(c(-c5ccc(OCC(=O)NCC(CO)(CO)CO)cc5)c5ccc2[nH]5)C=C4)C=C3)cc1)NCC(CO)(CO)CO. The second-order valence-electron chi connectivity index (χ2n) is 23.5. The van der Waals surface area contributed by atoms with Crippen LogP contribution in [0.5, 0.6) is 23.0 Å². The average Bonchev–Trinajstić information content (AvgIpc) is 1.63. The van der Waals surface area contributed by atoms with Crippen LogP contribution in [0.3, 0.4) is 0 Å². The molecule has 8 aromatic rings. The Bertz CT molecular complexity index is 4080. The molecule has 23 nitrogen and oxygen atoms in total. The van der Waals surface area contributed by atoms with E-state index in [9.17, 15) is 60.3 Å². The molecule has 0 aliphatic carbocycles. The van der Waals surface area contributed by atoms with Crippen LogP contribution in [0.2, 0.25) is 0 Å². The molecule has 23 heteroatoms. The van der Waals surface area contributed by atoms with Crippen molar-refractivity contribution >= 4 is 64.1 Å². The van der Waals surface area contributed by atoms with Crippen LogP contribution in [-0.2, 0) is 21.0 Å². The minimum absolute atomic E-state index is 0.176. The molecule has 0 radical (unpaired) electrons. The fourth-order valence-electron chi connectivity index (χ4n) is 10.4. The van der Waals surface area contributed by atoms with Gasteiger partial charge in [-0.15, -0.1) is 0 Å². The lowest BCUT2D eigenvalue weighted by atomic mass is 9.91. The maximum Gasteiger partial charge on any atom is 0.257 e. The van der Waals surface area contributed by atoms with E-state index in [1.165, 1.54) is 0 Å². The summed E-state index contributed by atoms with van der Waals surface area (Å²) in [5.41, 5.74) is 7.97. The summed E-state index contributed by atoms with van der Waals surface area (Å²) < 4.78 is 23.9. The van der Waals surface area contributed by atoms with Crippen molar-refractivity contribution in [2.75, 3.05) is 98.9 Å². The number of ether oxygens (including phenoxy) is 4. The first-order chi connectivity index (χ1) is 46.2. The van der Waals surface area contributed by atoms with Gasteiger partial charge < -0.3 is 90.8 Å². The summed E-state index contributed by atoms with van der Waals surface area (Å²) in [6, 6.07) is 46.9. The first kappa shape index (κ1) is 67.8. The number of aliphatic hydroxyl groups is 9. The molecule has 5 aromatic carbocycles. The number of benzene rings is 5. The lowest BCUT2D eigenvalue weighted by Crippen LogP contribution is -2.46. The zero-order valence-electron chi connectivity index (χ0n) is 51.8. The van der Waals surface area contributed by atoms with Crippen molar-refractivity contribution in [1.29, 1.82) is 0 Å². The highest BCUT2D eigenvalue weighted by atomic mass is 16.5. The van der Waals surface area contributed by atoms with Gasteiger partial charge in [0.25, 0.3) is 17.7 Å². The summed E-state index contributed by atoms with van der Waals surface area (Å²) in [6.07, 6.45) is 7.73. The van der Waals surface area contributed by atoms with Gasteiger partial charge in [0.15, 0.2) is 19.8 Å². The number of aliphatic hydroxyl groups excluding tert-OH is 9. The Hall–Kier alpha value is -10.1. The predicted octanol–water partition coefficient (Wildman–Crippen LogP) is 5.28. The second-order valence-corrected chi connectivity index (χ2v) is 23.5. The first-order valence-electron chi connectivity index (χ1n) is 30.6.